The van der Waals surface area contributed by atoms with Gasteiger partial charge < -0.3 is 10.1 Å². The number of hydrogen-bond donors (Lipinski definition) is 1. The molecular formula is C20H19N3O2S. The highest BCUT2D eigenvalue weighted by molar-refractivity contribution is 7.98. The summed E-state index contributed by atoms with van der Waals surface area (Å²) >= 11 is 1.45. The predicted octanol–water partition coefficient (Wildman–Crippen LogP) is 3.80. The largest absolute Gasteiger partial charge is 0.497 e. The summed E-state index contributed by atoms with van der Waals surface area (Å²) in [7, 11) is 1.63. The van der Waals surface area contributed by atoms with Crippen LogP contribution < -0.4 is 10.1 Å². The summed E-state index contributed by atoms with van der Waals surface area (Å²) in [6, 6.07) is 17.2. The van der Waals surface area contributed by atoms with Crippen LogP contribution in [0.15, 0.2) is 66.0 Å². The molecule has 1 heterocycles. The van der Waals surface area contributed by atoms with Crippen molar-refractivity contribution in [3.05, 3.63) is 71.9 Å². The molecule has 26 heavy (non-hydrogen) atoms. The Morgan fingerprint density at radius 3 is 2.50 bits per heavy atom. The van der Waals surface area contributed by atoms with Crippen LogP contribution in [-0.2, 0) is 6.54 Å². The summed E-state index contributed by atoms with van der Waals surface area (Å²) in [5, 5.41) is 3.57. The molecule has 6 heteroatoms. The maximum atomic E-state index is 12.7. The van der Waals surface area contributed by atoms with Crippen molar-refractivity contribution in [3.63, 3.8) is 0 Å². The second kappa shape index (κ2) is 8.49. The van der Waals surface area contributed by atoms with Crippen LogP contribution in [-0.4, -0.2) is 29.2 Å². The number of methoxy groups -OCH3 is 1. The number of carbonyl (C=O) groups is 1. The highest BCUT2D eigenvalue weighted by atomic mass is 32.2. The van der Waals surface area contributed by atoms with Gasteiger partial charge in [-0.25, -0.2) is 9.97 Å². The van der Waals surface area contributed by atoms with Crippen LogP contribution in [0.3, 0.4) is 0 Å². The number of rotatable bonds is 6. The molecule has 132 valence electrons. The molecule has 0 unspecified atom stereocenters. The minimum Gasteiger partial charge on any atom is -0.497 e. The smallest absolute Gasteiger partial charge is 0.255 e. The summed E-state index contributed by atoms with van der Waals surface area (Å²) in [5.41, 5.74) is 2.97. The van der Waals surface area contributed by atoms with Gasteiger partial charge in [0.15, 0.2) is 5.16 Å². The topological polar surface area (TPSA) is 64.1 Å². The predicted molar refractivity (Wildman–Crippen MR) is 103 cm³/mol. The number of thioether (sulfide) groups is 1. The molecule has 0 fully saturated rings. The van der Waals surface area contributed by atoms with Crippen molar-refractivity contribution in [1.82, 2.24) is 15.3 Å². The van der Waals surface area contributed by atoms with Crippen LogP contribution >= 0.6 is 11.8 Å². The number of nitrogens with one attached hydrogen (secondary N) is 1. The summed E-state index contributed by atoms with van der Waals surface area (Å²) in [4.78, 5) is 21.5. The van der Waals surface area contributed by atoms with Crippen molar-refractivity contribution in [2.45, 2.75) is 11.7 Å². The standard InChI is InChI=1S/C20H19N3O2S/c1-25-16-10-8-14(9-11-16)12-21-19(24)17-13-22-20(26-2)23-18(17)15-6-4-3-5-7-15/h3-11,13H,12H2,1-2H3,(H,21,24). The van der Waals surface area contributed by atoms with Crippen LogP contribution in [0.5, 0.6) is 5.75 Å². The Hall–Kier alpha value is -2.86. The monoisotopic (exact) mass is 365 g/mol. The van der Waals surface area contributed by atoms with Crippen molar-refractivity contribution in [1.29, 1.82) is 0 Å². The fourth-order valence-corrected chi connectivity index (χ4v) is 2.81. The molecule has 0 aliphatic heterocycles. The molecule has 1 amide bonds. The minimum atomic E-state index is -0.202. The minimum absolute atomic E-state index is 0.202. The van der Waals surface area contributed by atoms with Crippen molar-refractivity contribution in [2.75, 3.05) is 13.4 Å². The summed E-state index contributed by atoms with van der Waals surface area (Å²) in [6.07, 6.45) is 3.50. The van der Waals surface area contributed by atoms with E-state index in [0.29, 0.717) is 23.0 Å². The number of hydrogen-bond acceptors (Lipinski definition) is 5. The molecule has 1 aromatic heterocycles. The van der Waals surface area contributed by atoms with Crippen LogP contribution in [0.25, 0.3) is 11.3 Å². The third-order valence-electron chi connectivity index (χ3n) is 3.85. The lowest BCUT2D eigenvalue weighted by Gasteiger charge is -2.11. The molecule has 0 bridgehead atoms. The van der Waals surface area contributed by atoms with E-state index in [-0.39, 0.29) is 5.91 Å². The first-order chi connectivity index (χ1) is 12.7. The van der Waals surface area contributed by atoms with Crippen molar-refractivity contribution in [3.8, 4) is 17.0 Å². The van der Waals surface area contributed by atoms with Gasteiger partial charge in [-0.15, -0.1) is 0 Å². The number of carbonyl (C=O) groups excluding carboxylic acids is 1. The van der Waals surface area contributed by atoms with Gasteiger partial charge in [0.1, 0.15) is 5.75 Å². The lowest BCUT2D eigenvalue weighted by molar-refractivity contribution is 0.0950. The van der Waals surface area contributed by atoms with Gasteiger partial charge in [0.2, 0.25) is 0 Å². The zero-order chi connectivity index (χ0) is 18.4. The molecule has 0 saturated carbocycles. The van der Waals surface area contributed by atoms with E-state index in [1.165, 1.54) is 11.8 Å². The van der Waals surface area contributed by atoms with Crippen molar-refractivity contribution >= 4 is 17.7 Å². The zero-order valence-corrected chi connectivity index (χ0v) is 15.4. The molecule has 0 aliphatic carbocycles. The maximum absolute atomic E-state index is 12.7. The van der Waals surface area contributed by atoms with Gasteiger partial charge in [-0.05, 0) is 24.0 Å². The second-order valence-electron chi connectivity index (χ2n) is 5.52. The quantitative estimate of drug-likeness (QED) is 0.532. The van der Waals surface area contributed by atoms with Crippen LogP contribution in [0.1, 0.15) is 15.9 Å². The number of nitrogens with zero attached hydrogens (tertiary/aromatic N) is 2. The van der Waals surface area contributed by atoms with Crippen LogP contribution in [0.4, 0.5) is 0 Å². The number of aromatic nitrogens is 2. The molecule has 2 aromatic carbocycles. The van der Waals surface area contributed by atoms with E-state index in [9.17, 15) is 4.79 Å². The lowest BCUT2D eigenvalue weighted by Crippen LogP contribution is -2.24. The van der Waals surface area contributed by atoms with E-state index in [1.54, 1.807) is 13.3 Å². The average Bonchev–Trinajstić information content (AvgIpc) is 2.72. The zero-order valence-electron chi connectivity index (χ0n) is 14.6. The van der Waals surface area contributed by atoms with E-state index < -0.39 is 0 Å². The number of ether oxygens (including phenoxy) is 1. The first kappa shape index (κ1) is 17.9. The van der Waals surface area contributed by atoms with Crippen LogP contribution in [0.2, 0.25) is 0 Å². The van der Waals surface area contributed by atoms with Crippen molar-refractivity contribution < 1.29 is 9.53 Å². The second-order valence-corrected chi connectivity index (χ2v) is 6.29. The molecule has 0 aliphatic rings. The fraction of sp³-hybridized carbons (Fsp3) is 0.150. The number of amides is 1. The molecule has 3 rings (SSSR count). The summed E-state index contributed by atoms with van der Waals surface area (Å²) < 4.78 is 5.14. The molecule has 0 atom stereocenters. The normalized spacial score (nSPS) is 10.4. The first-order valence-electron chi connectivity index (χ1n) is 8.09. The molecular weight excluding hydrogens is 346 g/mol. The molecule has 0 spiro atoms. The maximum Gasteiger partial charge on any atom is 0.255 e. The lowest BCUT2D eigenvalue weighted by atomic mass is 10.1. The van der Waals surface area contributed by atoms with Gasteiger partial charge in [0.25, 0.3) is 5.91 Å². The van der Waals surface area contributed by atoms with Crippen LogP contribution in [0, 0.1) is 0 Å². The number of benzene rings is 2. The van der Waals surface area contributed by atoms with Gasteiger partial charge in [0.05, 0.1) is 18.4 Å². The molecule has 3 aromatic rings. The van der Waals surface area contributed by atoms with E-state index in [4.69, 9.17) is 4.74 Å². The van der Waals surface area contributed by atoms with Gasteiger partial charge in [0, 0.05) is 18.3 Å². The Kier molecular flexibility index (Phi) is 5.86. The first-order valence-corrected chi connectivity index (χ1v) is 9.31. The van der Waals surface area contributed by atoms with E-state index >= 15 is 0 Å². The summed E-state index contributed by atoms with van der Waals surface area (Å²) in [5.74, 6) is 0.583. The SMILES string of the molecule is COc1ccc(CNC(=O)c2cnc(SC)nc2-c2ccccc2)cc1. The van der Waals surface area contributed by atoms with E-state index in [2.05, 4.69) is 15.3 Å². The van der Waals surface area contributed by atoms with Gasteiger partial charge in [-0.2, -0.15) is 0 Å². The molecule has 0 saturated heterocycles. The molecule has 5 nitrogen and oxygen atoms in total. The molecule has 0 radical (unpaired) electrons. The Labute approximate surface area is 156 Å². The third-order valence-corrected chi connectivity index (χ3v) is 4.42. The van der Waals surface area contributed by atoms with E-state index in [1.807, 2.05) is 60.9 Å². The fourth-order valence-electron chi connectivity index (χ4n) is 2.47. The van der Waals surface area contributed by atoms with Gasteiger partial charge in [-0.1, -0.05) is 54.2 Å². The summed E-state index contributed by atoms with van der Waals surface area (Å²) in [6.45, 7) is 0.418. The average molecular weight is 365 g/mol. The highest BCUT2D eigenvalue weighted by Gasteiger charge is 2.16. The molecule has 1 N–H and O–H groups in total. The Bertz CT molecular complexity index is 883. The van der Waals surface area contributed by atoms with Gasteiger partial charge >= 0.3 is 0 Å². The third kappa shape index (κ3) is 4.21. The Morgan fingerprint density at radius 2 is 1.85 bits per heavy atom. The van der Waals surface area contributed by atoms with Crippen molar-refractivity contribution in [2.24, 2.45) is 0 Å². The Morgan fingerprint density at radius 1 is 1.12 bits per heavy atom. The Balaban J connectivity index is 1.82. The van der Waals surface area contributed by atoms with E-state index in [0.717, 1.165) is 16.9 Å². The van der Waals surface area contributed by atoms with Gasteiger partial charge in [-0.3, -0.25) is 4.79 Å². The highest BCUT2D eigenvalue weighted by Crippen LogP contribution is 2.23.